The molecular formula is C28H29LiN4O4-2. The Hall–Kier alpha value is -3.44. The smallest absolute Gasteiger partial charge is 0.467 e. The number of non-ortho nitro benzene ring substituents is 1. The number of fused-ring (bicyclic) bond motifs is 1. The van der Waals surface area contributed by atoms with Crippen molar-refractivity contribution in [3.05, 3.63) is 113 Å². The zero-order valence-corrected chi connectivity index (χ0v) is 21.7. The second kappa shape index (κ2) is 13.8. The Labute approximate surface area is 229 Å². The summed E-state index contributed by atoms with van der Waals surface area (Å²) in [6.45, 7) is 15.6. The van der Waals surface area contributed by atoms with Crippen molar-refractivity contribution in [1.82, 2.24) is 9.88 Å². The third-order valence-electron chi connectivity index (χ3n) is 5.95. The molecule has 1 amide bonds. The number of aromatic nitrogens is 1. The van der Waals surface area contributed by atoms with E-state index in [-0.39, 0.29) is 30.5 Å². The molecule has 0 saturated heterocycles. The van der Waals surface area contributed by atoms with Crippen LogP contribution in [0.3, 0.4) is 0 Å². The van der Waals surface area contributed by atoms with E-state index < -0.39 is 4.92 Å². The van der Waals surface area contributed by atoms with E-state index in [9.17, 15) is 14.9 Å². The van der Waals surface area contributed by atoms with Gasteiger partial charge in [-0.3, -0.25) is 19.9 Å². The average molecular weight is 493 g/mol. The van der Waals surface area contributed by atoms with E-state index in [1.807, 2.05) is 30.0 Å². The minimum Gasteiger partial charge on any atom is -0.467 e. The molecule has 0 spiro atoms. The first-order chi connectivity index (χ1) is 17.2. The number of nitro benzene ring substituents is 1. The van der Waals surface area contributed by atoms with E-state index in [4.69, 9.17) is 4.42 Å². The molecule has 0 aliphatic rings. The molecule has 0 fully saturated rings. The topological polar surface area (TPSA) is 102 Å². The number of pyridine rings is 1. The summed E-state index contributed by atoms with van der Waals surface area (Å²) in [5.41, 5.74) is 5.67. The SMILES string of the molecule is O=[N+]([O-])c1cc[c-]cc1.[CH2-]CN(C[CH2-])Cc1occc1C(=O)Nc1ccc2nc(C)c(C)c(C)c2c1.[Li+]. The van der Waals surface area contributed by atoms with Gasteiger partial charge in [-0.1, -0.05) is 12.1 Å². The molecule has 2 aromatic heterocycles. The molecule has 4 aromatic rings. The predicted octanol–water partition coefficient (Wildman–Crippen LogP) is 2.87. The van der Waals surface area contributed by atoms with E-state index in [1.54, 1.807) is 6.07 Å². The summed E-state index contributed by atoms with van der Waals surface area (Å²) in [5.74, 6) is 0.422. The summed E-state index contributed by atoms with van der Waals surface area (Å²) in [5, 5.41) is 14.0. The number of furan rings is 1. The van der Waals surface area contributed by atoms with Crippen molar-refractivity contribution in [1.29, 1.82) is 0 Å². The summed E-state index contributed by atoms with van der Waals surface area (Å²) in [4.78, 5) is 28.9. The van der Waals surface area contributed by atoms with Gasteiger partial charge in [0.1, 0.15) is 5.76 Å². The van der Waals surface area contributed by atoms with Crippen LogP contribution in [0.1, 0.15) is 32.9 Å². The van der Waals surface area contributed by atoms with Crippen molar-refractivity contribution in [3.63, 3.8) is 0 Å². The number of hydrogen-bond acceptors (Lipinski definition) is 6. The van der Waals surface area contributed by atoms with E-state index in [2.05, 4.69) is 44.1 Å². The fraction of sp³-hybridized carbons (Fsp3) is 0.214. The minimum absolute atomic E-state index is 0. The number of nitro groups is 1. The van der Waals surface area contributed by atoms with Crippen molar-refractivity contribution in [2.75, 3.05) is 18.4 Å². The zero-order chi connectivity index (χ0) is 26.2. The quantitative estimate of drug-likeness (QED) is 0.184. The van der Waals surface area contributed by atoms with Crippen LogP contribution in [0.15, 0.2) is 59.2 Å². The summed E-state index contributed by atoms with van der Waals surface area (Å²) in [6, 6.07) is 16.0. The number of nitrogens with zero attached hydrogens (tertiary/aromatic N) is 3. The molecular weight excluding hydrogens is 463 g/mol. The fourth-order valence-corrected chi connectivity index (χ4v) is 3.59. The number of rotatable bonds is 7. The van der Waals surface area contributed by atoms with Gasteiger partial charge in [-0.05, 0) is 56.2 Å². The van der Waals surface area contributed by atoms with Crippen molar-refractivity contribution in [2.24, 2.45) is 0 Å². The number of anilines is 1. The standard InChI is InChI=1S/C22H25N3O2.C6H4NO2.Li/c1-6-25(7-2)13-21-18(10-11-27-21)22(26)24-17-8-9-20-19(12-17)15(4)14(3)16(5)23-20;8-7(9)6-4-2-1-3-5-6;/h8-12H,1-2,6-7,13H2,3-5H3,(H,24,26);2-5H;/q-2;-1;+1. The van der Waals surface area contributed by atoms with Gasteiger partial charge in [0, 0.05) is 21.7 Å². The molecule has 1 N–H and O–H groups in total. The van der Waals surface area contributed by atoms with Gasteiger partial charge in [-0.2, -0.15) is 18.2 Å². The molecule has 8 nitrogen and oxygen atoms in total. The third kappa shape index (κ3) is 7.53. The number of benzene rings is 2. The molecule has 4 rings (SSSR count). The zero-order valence-electron chi connectivity index (χ0n) is 21.7. The van der Waals surface area contributed by atoms with Crippen LogP contribution in [-0.2, 0) is 6.54 Å². The summed E-state index contributed by atoms with van der Waals surface area (Å²) in [7, 11) is 0. The van der Waals surface area contributed by atoms with Gasteiger partial charge in [0.15, 0.2) is 5.69 Å². The second-order valence-corrected chi connectivity index (χ2v) is 8.18. The Morgan fingerprint density at radius 3 is 2.38 bits per heavy atom. The summed E-state index contributed by atoms with van der Waals surface area (Å²) in [6.07, 6.45) is 1.54. The molecule has 188 valence electrons. The Kier molecular flexibility index (Phi) is 11.1. The molecule has 0 atom stereocenters. The first-order valence-corrected chi connectivity index (χ1v) is 11.4. The molecule has 2 aromatic carbocycles. The Morgan fingerprint density at radius 1 is 1.11 bits per heavy atom. The van der Waals surface area contributed by atoms with Crippen molar-refractivity contribution >= 4 is 28.2 Å². The Bertz CT molecular complexity index is 1350. The number of amides is 1. The second-order valence-electron chi connectivity index (χ2n) is 8.18. The number of carbonyl (C=O) groups excluding carboxylic acids is 1. The average Bonchev–Trinajstić information content (AvgIpc) is 3.35. The third-order valence-corrected chi connectivity index (χ3v) is 5.95. The number of aryl methyl sites for hydroxylation is 2. The minimum atomic E-state index is -0.437. The monoisotopic (exact) mass is 492 g/mol. The largest absolute Gasteiger partial charge is 1.00 e. The van der Waals surface area contributed by atoms with E-state index in [0.29, 0.717) is 31.0 Å². The van der Waals surface area contributed by atoms with Gasteiger partial charge >= 0.3 is 18.9 Å². The van der Waals surface area contributed by atoms with Crippen LogP contribution < -0.4 is 24.2 Å². The van der Waals surface area contributed by atoms with Crippen LogP contribution in [0.25, 0.3) is 10.9 Å². The van der Waals surface area contributed by atoms with Gasteiger partial charge in [0.2, 0.25) is 0 Å². The van der Waals surface area contributed by atoms with Crippen molar-refractivity contribution < 1.29 is 33.0 Å². The molecule has 37 heavy (non-hydrogen) atoms. The fourth-order valence-electron chi connectivity index (χ4n) is 3.59. The normalized spacial score (nSPS) is 10.4. The maximum absolute atomic E-state index is 12.8. The van der Waals surface area contributed by atoms with Crippen LogP contribution in [0.2, 0.25) is 0 Å². The Balaban J connectivity index is 0.000000408. The van der Waals surface area contributed by atoms with Crippen LogP contribution in [0, 0.1) is 50.8 Å². The molecule has 0 aliphatic carbocycles. The van der Waals surface area contributed by atoms with E-state index in [1.165, 1.54) is 41.7 Å². The maximum Gasteiger partial charge on any atom is 1.00 e. The first-order valence-electron chi connectivity index (χ1n) is 11.4. The molecule has 0 radical (unpaired) electrons. The van der Waals surface area contributed by atoms with Crippen LogP contribution in [0.5, 0.6) is 0 Å². The Morgan fingerprint density at radius 2 is 1.78 bits per heavy atom. The maximum atomic E-state index is 12.8. The first kappa shape index (κ1) is 29.8. The molecule has 0 bridgehead atoms. The molecule has 0 aliphatic heterocycles. The van der Waals surface area contributed by atoms with Crippen LogP contribution in [0.4, 0.5) is 11.4 Å². The number of hydrogen-bond donors (Lipinski definition) is 1. The number of nitrogens with one attached hydrogen (secondary N) is 1. The van der Waals surface area contributed by atoms with Crippen LogP contribution in [-0.4, -0.2) is 33.8 Å². The molecule has 0 unspecified atom stereocenters. The summed E-state index contributed by atoms with van der Waals surface area (Å²) < 4.78 is 5.51. The van der Waals surface area contributed by atoms with Gasteiger partial charge < -0.3 is 28.5 Å². The molecule has 2 heterocycles. The predicted molar refractivity (Wildman–Crippen MR) is 141 cm³/mol. The van der Waals surface area contributed by atoms with Gasteiger partial charge in [-0.25, -0.2) is 0 Å². The number of carbonyl (C=O) groups is 1. The van der Waals surface area contributed by atoms with Gasteiger partial charge in [0.05, 0.1) is 23.9 Å². The summed E-state index contributed by atoms with van der Waals surface area (Å²) >= 11 is 0. The molecule has 0 saturated carbocycles. The van der Waals surface area contributed by atoms with E-state index >= 15 is 0 Å². The van der Waals surface area contributed by atoms with Crippen molar-refractivity contribution in [2.45, 2.75) is 27.3 Å². The van der Waals surface area contributed by atoms with Gasteiger partial charge in [-0.15, -0.1) is 13.1 Å². The molecule has 9 heteroatoms. The van der Waals surface area contributed by atoms with Crippen molar-refractivity contribution in [3.8, 4) is 0 Å². The van der Waals surface area contributed by atoms with Crippen LogP contribution >= 0.6 is 0 Å². The van der Waals surface area contributed by atoms with E-state index in [0.717, 1.165) is 22.3 Å². The van der Waals surface area contributed by atoms with Gasteiger partial charge in [0.25, 0.3) is 5.91 Å².